The van der Waals surface area contributed by atoms with E-state index in [9.17, 15) is 14.3 Å². The Morgan fingerprint density at radius 3 is 2.85 bits per heavy atom. The standard InChI is InChI=1S/C20H25FN4O2/c1-14(27)25-7-6-20(13-26)12-24(10-17(20)11-25)9-16-8-22-23-19(16)15-2-4-18(21)5-3-15/h2-5,8,17,26H,6-7,9-13H2,1H3,(H,22,23)/t17-,20-/m0/s1. The summed E-state index contributed by atoms with van der Waals surface area (Å²) in [6, 6.07) is 6.38. The number of nitrogens with zero attached hydrogens (tertiary/aromatic N) is 3. The summed E-state index contributed by atoms with van der Waals surface area (Å²) in [6.07, 6.45) is 2.65. The predicted molar refractivity (Wildman–Crippen MR) is 99.1 cm³/mol. The van der Waals surface area contributed by atoms with Crippen LogP contribution in [-0.4, -0.2) is 63.8 Å². The van der Waals surface area contributed by atoms with Gasteiger partial charge in [-0.05, 0) is 36.6 Å². The maximum Gasteiger partial charge on any atom is 0.219 e. The highest BCUT2D eigenvalue weighted by Crippen LogP contribution is 2.43. The first-order valence-electron chi connectivity index (χ1n) is 9.38. The molecular weight excluding hydrogens is 347 g/mol. The fraction of sp³-hybridized carbons (Fsp3) is 0.500. The highest BCUT2D eigenvalue weighted by molar-refractivity contribution is 5.73. The van der Waals surface area contributed by atoms with E-state index in [0.29, 0.717) is 19.6 Å². The number of amides is 1. The summed E-state index contributed by atoms with van der Waals surface area (Å²) in [5, 5.41) is 17.3. The molecule has 2 atom stereocenters. The van der Waals surface area contributed by atoms with Crippen molar-refractivity contribution in [3.63, 3.8) is 0 Å². The average Bonchev–Trinajstić information content (AvgIpc) is 3.26. The maximum absolute atomic E-state index is 13.2. The lowest BCUT2D eigenvalue weighted by Gasteiger charge is -2.42. The molecule has 0 aliphatic carbocycles. The number of aromatic nitrogens is 2. The summed E-state index contributed by atoms with van der Waals surface area (Å²) in [5.41, 5.74) is 2.72. The van der Waals surface area contributed by atoms with E-state index in [-0.39, 0.29) is 29.7 Å². The third-order valence-electron chi connectivity index (χ3n) is 6.21. The Bertz CT molecular complexity index is 822. The second-order valence-electron chi connectivity index (χ2n) is 7.88. The number of likely N-dealkylation sites (tertiary alicyclic amines) is 2. The first kappa shape index (κ1) is 18.1. The summed E-state index contributed by atoms with van der Waals surface area (Å²) in [4.78, 5) is 16.0. The van der Waals surface area contributed by atoms with E-state index < -0.39 is 0 Å². The third kappa shape index (κ3) is 3.37. The highest BCUT2D eigenvalue weighted by Gasteiger charge is 2.49. The molecule has 4 rings (SSSR count). The zero-order valence-electron chi connectivity index (χ0n) is 15.5. The molecule has 27 heavy (non-hydrogen) atoms. The SMILES string of the molecule is CC(=O)N1CC[C@@]2(CO)CN(Cc3cn[nH]c3-c3ccc(F)cc3)C[C@H]2C1. The fourth-order valence-corrected chi connectivity index (χ4v) is 4.60. The van der Waals surface area contributed by atoms with Crippen molar-refractivity contribution in [1.29, 1.82) is 0 Å². The number of carbonyl (C=O) groups is 1. The van der Waals surface area contributed by atoms with Crippen LogP contribution in [0.25, 0.3) is 11.3 Å². The van der Waals surface area contributed by atoms with E-state index in [1.54, 1.807) is 19.1 Å². The van der Waals surface area contributed by atoms with Gasteiger partial charge in [0.1, 0.15) is 5.82 Å². The Morgan fingerprint density at radius 2 is 2.15 bits per heavy atom. The van der Waals surface area contributed by atoms with Crippen molar-refractivity contribution in [3.8, 4) is 11.3 Å². The van der Waals surface area contributed by atoms with Crippen molar-refractivity contribution in [3.05, 3.63) is 41.8 Å². The van der Waals surface area contributed by atoms with Crippen LogP contribution in [0, 0.1) is 17.2 Å². The maximum atomic E-state index is 13.2. The van der Waals surface area contributed by atoms with E-state index in [1.165, 1.54) is 12.1 Å². The van der Waals surface area contributed by atoms with Gasteiger partial charge in [0.05, 0.1) is 18.5 Å². The quantitative estimate of drug-likeness (QED) is 0.860. The van der Waals surface area contributed by atoms with E-state index in [1.807, 2.05) is 11.1 Å². The van der Waals surface area contributed by atoms with Crippen molar-refractivity contribution in [2.45, 2.75) is 19.9 Å². The van der Waals surface area contributed by atoms with E-state index in [2.05, 4.69) is 15.1 Å². The van der Waals surface area contributed by atoms with E-state index >= 15 is 0 Å². The number of piperidine rings is 1. The normalized spacial score (nSPS) is 25.6. The van der Waals surface area contributed by atoms with Gasteiger partial charge in [-0.25, -0.2) is 4.39 Å². The Hall–Kier alpha value is -2.25. The molecule has 2 aromatic rings. The number of benzene rings is 1. The van der Waals surface area contributed by atoms with Gasteiger partial charge in [0.2, 0.25) is 5.91 Å². The molecule has 0 unspecified atom stereocenters. The van der Waals surface area contributed by atoms with Crippen molar-refractivity contribution in [2.75, 3.05) is 32.8 Å². The number of aliphatic hydroxyl groups is 1. The van der Waals surface area contributed by atoms with E-state index in [4.69, 9.17) is 0 Å². The Morgan fingerprint density at radius 1 is 1.37 bits per heavy atom. The average molecular weight is 372 g/mol. The minimum atomic E-state index is -0.261. The summed E-state index contributed by atoms with van der Waals surface area (Å²) in [7, 11) is 0. The number of carbonyl (C=O) groups excluding carboxylic acids is 1. The minimum absolute atomic E-state index is 0.105. The summed E-state index contributed by atoms with van der Waals surface area (Å²) in [6.45, 7) is 5.55. The van der Waals surface area contributed by atoms with Crippen molar-refractivity contribution in [2.24, 2.45) is 11.3 Å². The lowest BCUT2D eigenvalue weighted by Crippen LogP contribution is -2.50. The number of fused-ring (bicyclic) bond motifs is 1. The molecular formula is C20H25FN4O2. The van der Waals surface area contributed by atoms with Crippen LogP contribution in [0.3, 0.4) is 0 Å². The summed E-state index contributed by atoms with van der Waals surface area (Å²) < 4.78 is 13.2. The summed E-state index contributed by atoms with van der Waals surface area (Å²) in [5.74, 6) is 0.123. The number of halogens is 1. The third-order valence-corrected chi connectivity index (χ3v) is 6.21. The summed E-state index contributed by atoms with van der Waals surface area (Å²) >= 11 is 0. The lowest BCUT2D eigenvalue weighted by atomic mass is 9.73. The molecule has 1 amide bonds. The number of hydrogen-bond acceptors (Lipinski definition) is 4. The Kier molecular flexibility index (Phi) is 4.74. The highest BCUT2D eigenvalue weighted by atomic mass is 19.1. The molecule has 144 valence electrons. The number of aromatic amines is 1. The largest absolute Gasteiger partial charge is 0.396 e. The number of hydrogen-bond donors (Lipinski definition) is 2. The van der Waals surface area contributed by atoms with Crippen molar-refractivity contribution < 1.29 is 14.3 Å². The van der Waals surface area contributed by atoms with Crippen LogP contribution in [0.2, 0.25) is 0 Å². The van der Waals surface area contributed by atoms with Crippen LogP contribution < -0.4 is 0 Å². The van der Waals surface area contributed by atoms with Gasteiger partial charge in [0.25, 0.3) is 0 Å². The monoisotopic (exact) mass is 372 g/mol. The molecule has 1 aromatic heterocycles. The number of nitrogens with one attached hydrogen (secondary N) is 1. The van der Waals surface area contributed by atoms with Gasteiger partial charge >= 0.3 is 0 Å². The first-order chi connectivity index (χ1) is 13.0. The second kappa shape index (κ2) is 7.05. The molecule has 1 aromatic carbocycles. The van der Waals surface area contributed by atoms with Gasteiger partial charge < -0.3 is 10.0 Å². The van der Waals surface area contributed by atoms with Crippen LogP contribution in [0.15, 0.2) is 30.5 Å². The topological polar surface area (TPSA) is 72.5 Å². The van der Waals surface area contributed by atoms with Gasteiger partial charge in [-0.3, -0.25) is 14.8 Å². The molecule has 2 saturated heterocycles. The molecule has 3 heterocycles. The molecule has 6 nitrogen and oxygen atoms in total. The second-order valence-corrected chi connectivity index (χ2v) is 7.88. The Balaban J connectivity index is 1.51. The molecule has 0 spiro atoms. The molecule has 7 heteroatoms. The van der Waals surface area contributed by atoms with Crippen LogP contribution in [0.1, 0.15) is 18.9 Å². The number of rotatable bonds is 4. The molecule has 0 saturated carbocycles. The minimum Gasteiger partial charge on any atom is -0.396 e. The zero-order chi connectivity index (χ0) is 19.0. The molecule has 2 N–H and O–H groups in total. The van der Waals surface area contributed by atoms with Crippen LogP contribution in [0.4, 0.5) is 4.39 Å². The van der Waals surface area contributed by atoms with Gasteiger partial charge in [-0.15, -0.1) is 0 Å². The fourth-order valence-electron chi connectivity index (χ4n) is 4.60. The Labute approximate surface area is 158 Å². The smallest absolute Gasteiger partial charge is 0.219 e. The molecule has 0 bridgehead atoms. The van der Waals surface area contributed by atoms with Crippen molar-refractivity contribution >= 4 is 5.91 Å². The van der Waals surface area contributed by atoms with Crippen LogP contribution in [-0.2, 0) is 11.3 Å². The van der Waals surface area contributed by atoms with Crippen molar-refractivity contribution in [1.82, 2.24) is 20.0 Å². The zero-order valence-corrected chi connectivity index (χ0v) is 15.5. The predicted octanol–water partition coefficient (Wildman–Crippen LogP) is 1.88. The lowest BCUT2D eigenvalue weighted by molar-refractivity contribution is -0.133. The number of aliphatic hydroxyl groups excluding tert-OH is 1. The van der Waals surface area contributed by atoms with Gasteiger partial charge in [-0.1, -0.05) is 0 Å². The molecule has 2 aliphatic rings. The van der Waals surface area contributed by atoms with Gasteiger partial charge in [-0.2, -0.15) is 5.10 Å². The van der Waals surface area contributed by atoms with E-state index in [0.717, 1.165) is 36.3 Å². The first-order valence-corrected chi connectivity index (χ1v) is 9.38. The van der Waals surface area contributed by atoms with Gasteiger partial charge in [0, 0.05) is 56.2 Å². The molecule has 2 aliphatic heterocycles. The number of H-pyrrole nitrogens is 1. The molecule has 2 fully saturated rings. The van der Waals surface area contributed by atoms with Crippen LogP contribution in [0.5, 0.6) is 0 Å². The van der Waals surface area contributed by atoms with Gasteiger partial charge in [0.15, 0.2) is 0 Å². The van der Waals surface area contributed by atoms with Crippen LogP contribution >= 0.6 is 0 Å². The molecule has 0 radical (unpaired) electrons.